The number of likely N-dealkylation sites (tertiary alicyclic amines) is 1. The van der Waals surface area contributed by atoms with E-state index in [0.29, 0.717) is 5.56 Å². The van der Waals surface area contributed by atoms with Crippen LogP contribution in [-0.4, -0.2) is 27.5 Å². The van der Waals surface area contributed by atoms with Gasteiger partial charge < -0.3 is 4.90 Å². The molecule has 1 fully saturated rings. The van der Waals surface area contributed by atoms with Crippen LogP contribution in [0.1, 0.15) is 41.2 Å². The number of piperidine rings is 1. The molecule has 4 rings (SSSR count). The Balaban J connectivity index is 1.60. The second-order valence-electron chi connectivity index (χ2n) is 6.25. The van der Waals surface area contributed by atoms with E-state index in [0.717, 1.165) is 41.8 Å². The molecule has 25 heavy (non-hydrogen) atoms. The van der Waals surface area contributed by atoms with E-state index in [-0.39, 0.29) is 17.8 Å². The number of H-pyrrole nitrogens is 1. The summed E-state index contributed by atoms with van der Waals surface area (Å²) in [5.41, 5.74) is 2.69. The molecule has 0 spiro atoms. The number of carbonyl (C=O) groups excluding carboxylic acids is 1. The Labute approximate surface area is 149 Å². The molecule has 3 heterocycles. The number of nitrogens with zero attached hydrogens (tertiary/aromatic N) is 2. The number of benzene rings is 1. The fourth-order valence-electron chi connectivity index (χ4n) is 3.36. The molecule has 4 nitrogen and oxygen atoms in total. The zero-order valence-corrected chi connectivity index (χ0v) is 14.4. The van der Waals surface area contributed by atoms with Gasteiger partial charge in [0.15, 0.2) is 0 Å². The summed E-state index contributed by atoms with van der Waals surface area (Å²) in [5.74, 6) is -0.208. The van der Waals surface area contributed by atoms with Gasteiger partial charge in [-0.05, 0) is 43.0 Å². The fourth-order valence-corrected chi connectivity index (χ4v) is 4.22. The van der Waals surface area contributed by atoms with Gasteiger partial charge in [-0.25, -0.2) is 4.39 Å². The van der Waals surface area contributed by atoms with Crippen molar-refractivity contribution in [2.75, 3.05) is 6.54 Å². The van der Waals surface area contributed by atoms with Crippen molar-refractivity contribution < 1.29 is 9.18 Å². The first-order valence-corrected chi connectivity index (χ1v) is 9.24. The minimum Gasteiger partial charge on any atom is -0.332 e. The molecule has 1 aromatic carbocycles. The highest BCUT2D eigenvalue weighted by Crippen LogP contribution is 2.34. The third-order valence-corrected chi connectivity index (χ3v) is 5.63. The third kappa shape index (κ3) is 3.22. The van der Waals surface area contributed by atoms with Crippen molar-refractivity contribution in [3.63, 3.8) is 0 Å². The Hall–Kier alpha value is -2.47. The number of hydrogen-bond acceptors (Lipinski definition) is 3. The summed E-state index contributed by atoms with van der Waals surface area (Å²) in [7, 11) is 0. The smallest absolute Gasteiger partial charge is 0.255 e. The lowest BCUT2D eigenvalue weighted by molar-refractivity contribution is 0.0612. The van der Waals surface area contributed by atoms with Crippen LogP contribution < -0.4 is 0 Å². The van der Waals surface area contributed by atoms with E-state index in [4.69, 9.17) is 0 Å². The summed E-state index contributed by atoms with van der Waals surface area (Å²) < 4.78 is 13.2. The van der Waals surface area contributed by atoms with E-state index in [1.54, 1.807) is 29.7 Å². The van der Waals surface area contributed by atoms with Gasteiger partial charge >= 0.3 is 0 Å². The molecule has 0 saturated carbocycles. The summed E-state index contributed by atoms with van der Waals surface area (Å²) in [6, 6.07) is 8.45. The zero-order chi connectivity index (χ0) is 17.2. The number of halogens is 1. The second kappa shape index (κ2) is 6.80. The highest BCUT2D eigenvalue weighted by molar-refractivity contribution is 7.13. The van der Waals surface area contributed by atoms with Crippen LogP contribution in [0.3, 0.4) is 0 Å². The van der Waals surface area contributed by atoms with Gasteiger partial charge in [0.1, 0.15) is 5.82 Å². The maximum absolute atomic E-state index is 13.2. The van der Waals surface area contributed by atoms with Crippen molar-refractivity contribution in [2.24, 2.45) is 0 Å². The Kier molecular flexibility index (Phi) is 4.36. The Morgan fingerprint density at radius 2 is 2.12 bits per heavy atom. The average molecular weight is 355 g/mol. The minimum atomic E-state index is -0.250. The number of hydrogen-bond donors (Lipinski definition) is 1. The number of aromatic nitrogens is 2. The molecule has 2 aromatic heterocycles. The van der Waals surface area contributed by atoms with E-state index in [1.165, 1.54) is 12.1 Å². The fraction of sp³-hybridized carbons (Fsp3) is 0.263. The van der Waals surface area contributed by atoms with E-state index in [9.17, 15) is 9.18 Å². The highest BCUT2D eigenvalue weighted by Gasteiger charge is 2.29. The molecule has 1 aliphatic heterocycles. The van der Waals surface area contributed by atoms with Gasteiger partial charge in [0.05, 0.1) is 17.8 Å². The number of thiophene rings is 1. The molecule has 3 aromatic rings. The third-order valence-electron chi connectivity index (χ3n) is 4.65. The second-order valence-corrected chi connectivity index (χ2v) is 7.16. The van der Waals surface area contributed by atoms with Crippen molar-refractivity contribution >= 4 is 17.2 Å². The predicted octanol–water partition coefficient (Wildman–Crippen LogP) is 4.64. The molecule has 0 unspecified atom stereocenters. The van der Waals surface area contributed by atoms with Gasteiger partial charge in [0.2, 0.25) is 0 Å². The van der Waals surface area contributed by atoms with Crippen molar-refractivity contribution in [1.29, 1.82) is 0 Å². The monoisotopic (exact) mass is 355 g/mol. The Morgan fingerprint density at radius 1 is 1.28 bits per heavy atom. The molecule has 1 amide bonds. The van der Waals surface area contributed by atoms with Crippen molar-refractivity contribution in [2.45, 2.75) is 25.3 Å². The summed E-state index contributed by atoms with van der Waals surface area (Å²) in [4.78, 5) is 16.0. The van der Waals surface area contributed by atoms with Gasteiger partial charge in [-0.1, -0.05) is 12.1 Å². The minimum absolute atomic E-state index is 0.0131. The predicted molar refractivity (Wildman–Crippen MR) is 95.9 cm³/mol. The average Bonchev–Trinajstić information content (AvgIpc) is 3.33. The molecule has 1 aliphatic rings. The van der Waals surface area contributed by atoms with Crippen LogP contribution >= 0.6 is 11.3 Å². The molecule has 0 radical (unpaired) electrons. The van der Waals surface area contributed by atoms with Crippen molar-refractivity contribution in [3.05, 3.63) is 65.0 Å². The van der Waals surface area contributed by atoms with Crippen molar-refractivity contribution in [3.8, 4) is 10.4 Å². The first-order chi connectivity index (χ1) is 12.2. The van der Waals surface area contributed by atoms with Crippen LogP contribution in [0.2, 0.25) is 0 Å². The topological polar surface area (TPSA) is 49.0 Å². The molecule has 1 N–H and O–H groups in total. The number of amides is 1. The van der Waals surface area contributed by atoms with Gasteiger partial charge in [0.25, 0.3) is 5.91 Å². The molecule has 6 heteroatoms. The molecule has 0 aliphatic carbocycles. The largest absolute Gasteiger partial charge is 0.332 e. The summed E-state index contributed by atoms with van der Waals surface area (Å²) in [5, 5.41) is 8.65. The van der Waals surface area contributed by atoms with Crippen LogP contribution in [0, 0.1) is 5.82 Å². The van der Waals surface area contributed by atoms with Crippen LogP contribution in [0.25, 0.3) is 10.4 Å². The van der Waals surface area contributed by atoms with Crippen LogP contribution in [0.4, 0.5) is 4.39 Å². The molecule has 1 saturated heterocycles. The van der Waals surface area contributed by atoms with Gasteiger partial charge in [-0.15, -0.1) is 11.3 Å². The van der Waals surface area contributed by atoms with Crippen molar-refractivity contribution in [1.82, 2.24) is 15.1 Å². The van der Waals surface area contributed by atoms with Crippen LogP contribution in [0.15, 0.2) is 48.1 Å². The highest BCUT2D eigenvalue weighted by atomic mass is 32.1. The number of carbonyl (C=O) groups is 1. The van der Waals surface area contributed by atoms with Gasteiger partial charge in [-0.2, -0.15) is 5.10 Å². The standard InChI is InChI=1S/C19H18FN3OS/c20-16-6-4-13(5-7-16)17-3-1-2-8-23(17)19(24)14-9-18(25-12-14)15-10-21-22-11-15/h4-7,9-12,17H,1-3,8H2,(H,21,22)/t17-/m0/s1. The lowest BCUT2D eigenvalue weighted by Gasteiger charge is -2.36. The lowest BCUT2D eigenvalue weighted by atomic mass is 9.94. The Bertz CT molecular complexity index is 857. The number of nitrogens with one attached hydrogen (secondary N) is 1. The Morgan fingerprint density at radius 3 is 2.88 bits per heavy atom. The molecular formula is C19H18FN3OS. The maximum atomic E-state index is 13.2. The SMILES string of the molecule is O=C(c1csc(-c2cn[nH]c2)c1)N1CCCC[C@H]1c1ccc(F)cc1. The van der Waals surface area contributed by atoms with E-state index < -0.39 is 0 Å². The zero-order valence-electron chi connectivity index (χ0n) is 13.6. The molecule has 128 valence electrons. The van der Waals surface area contributed by atoms with E-state index in [2.05, 4.69) is 10.2 Å². The number of rotatable bonds is 3. The van der Waals surface area contributed by atoms with Gasteiger partial charge in [-0.3, -0.25) is 9.89 Å². The van der Waals surface area contributed by atoms with E-state index >= 15 is 0 Å². The molecule has 1 atom stereocenters. The summed E-state index contributed by atoms with van der Waals surface area (Å²) in [6.45, 7) is 0.734. The first kappa shape index (κ1) is 16.0. The maximum Gasteiger partial charge on any atom is 0.255 e. The summed E-state index contributed by atoms with van der Waals surface area (Å²) >= 11 is 1.54. The quantitative estimate of drug-likeness (QED) is 0.744. The molecular weight excluding hydrogens is 337 g/mol. The lowest BCUT2D eigenvalue weighted by Crippen LogP contribution is -2.38. The van der Waals surface area contributed by atoms with Gasteiger partial charge in [0, 0.05) is 28.6 Å². The first-order valence-electron chi connectivity index (χ1n) is 8.36. The number of aromatic amines is 1. The summed E-state index contributed by atoms with van der Waals surface area (Å²) in [6.07, 6.45) is 6.57. The van der Waals surface area contributed by atoms with E-state index in [1.807, 2.05) is 22.5 Å². The van der Waals surface area contributed by atoms with Crippen LogP contribution in [0.5, 0.6) is 0 Å². The molecule has 0 bridgehead atoms. The normalized spacial score (nSPS) is 17.6. The van der Waals surface area contributed by atoms with Crippen LogP contribution in [-0.2, 0) is 0 Å².